The van der Waals surface area contributed by atoms with E-state index in [1.807, 2.05) is 0 Å². The van der Waals surface area contributed by atoms with Gasteiger partial charge in [0, 0.05) is 20.2 Å². The summed E-state index contributed by atoms with van der Waals surface area (Å²) in [4.78, 5) is 11.6. The van der Waals surface area contributed by atoms with Crippen LogP contribution >= 0.6 is 0 Å². The summed E-state index contributed by atoms with van der Waals surface area (Å²) in [6.45, 7) is 3.82. The lowest BCUT2D eigenvalue weighted by molar-refractivity contribution is 0.0598. The Kier molecular flexibility index (Phi) is 7.82. The second kappa shape index (κ2) is 9.15. The second-order valence-corrected chi connectivity index (χ2v) is 5.67. The van der Waals surface area contributed by atoms with E-state index in [-0.39, 0.29) is 6.03 Å². The largest absolute Gasteiger partial charge is 0.391 e. The smallest absolute Gasteiger partial charge is 0.314 e. The van der Waals surface area contributed by atoms with Crippen LogP contribution in [0.25, 0.3) is 0 Å². The van der Waals surface area contributed by atoms with E-state index in [1.54, 1.807) is 7.11 Å². The molecule has 3 N–H and O–H groups in total. The van der Waals surface area contributed by atoms with Gasteiger partial charge in [-0.3, -0.25) is 0 Å². The number of hydrogen-bond acceptors (Lipinski definition) is 3. The third-order valence-electron chi connectivity index (χ3n) is 3.72. The molecule has 0 bridgehead atoms. The second-order valence-electron chi connectivity index (χ2n) is 5.67. The highest BCUT2D eigenvalue weighted by atomic mass is 16.5. The van der Waals surface area contributed by atoms with Gasteiger partial charge >= 0.3 is 6.03 Å². The van der Waals surface area contributed by atoms with Crippen LogP contribution in [0.4, 0.5) is 4.79 Å². The molecular weight excluding hydrogens is 244 g/mol. The van der Waals surface area contributed by atoms with Crippen molar-refractivity contribution in [2.75, 3.05) is 26.8 Å². The van der Waals surface area contributed by atoms with E-state index in [0.29, 0.717) is 25.5 Å². The Labute approximate surface area is 116 Å². The van der Waals surface area contributed by atoms with Crippen LogP contribution < -0.4 is 10.6 Å². The van der Waals surface area contributed by atoms with Crippen molar-refractivity contribution in [3.63, 3.8) is 0 Å². The van der Waals surface area contributed by atoms with Gasteiger partial charge in [0.05, 0.1) is 12.7 Å². The molecule has 0 heterocycles. The van der Waals surface area contributed by atoms with Gasteiger partial charge in [0.2, 0.25) is 0 Å². The maximum absolute atomic E-state index is 11.6. The van der Waals surface area contributed by atoms with E-state index in [1.165, 1.54) is 25.7 Å². The molecule has 2 amide bonds. The minimum absolute atomic E-state index is 0.136. The number of amides is 2. The van der Waals surface area contributed by atoms with Crippen LogP contribution in [0.3, 0.4) is 0 Å². The van der Waals surface area contributed by atoms with Crippen molar-refractivity contribution in [3.8, 4) is 0 Å². The van der Waals surface area contributed by atoms with Gasteiger partial charge in [-0.2, -0.15) is 0 Å². The molecule has 1 aliphatic carbocycles. The van der Waals surface area contributed by atoms with Gasteiger partial charge in [-0.05, 0) is 31.1 Å². The molecule has 0 aromatic heterocycles. The number of methoxy groups -OCH3 is 1. The summed E-state index contributed by atoms with van der Waals surface area (Å²) in [5.74, 6) is 1.40. The Bertz CT molecular complexity index is 261. The van der Waals surface area contributed by atoms with E-state index < -0.39 is 6.10 Å². The number of carbonyl (C=O) groups is 1. The Morgan fingerprint density at radius 3 is 2.89 bits per heavy atom. The number of aliphatic hydroxyl groups is 1. The van der Waals surface area contributed by atoms with Crippen LogP contribution in [0.1, 0.15) is 39.0 Å². The van der Waals surface area contributed by atoms with Crippen molar-refractivity contribution in [2.45, 2.75) is 45.1 Å². The van der Waals surface area contributed by atoms with Crippen LogP contribution in [0.15, 0.2) is 0 Å². The summed E-state index contributed by atoms with van der Waals surface area (Å²) < 4.78 is 4.82. The first kappa shape index (κ1) is 16.2. The van der Waals surface area contributed by atoms with Crippen molar-refractivity contribution in [1.82, 2.24) is 10.6 Å². The Morgan fingerprint density at radius 2 is 2.21 bits per heavy atom. The molecule has 5 heteroatoms. The van der Waals surface area contributed by atoms with E-state index >= 15 is 0 Å². The third-order valence-corrected chi connectivity index (χ3v) is 3.72. The zero-order valence-corrected chi connectivity index (χ0v) is 12.2. The van der Waals surface area contributed by atoms with E-state index in [9.17, 15) is 9.90 Å². The number of hydrogen-bond donors (Lipinski definition) is 3. The summed E-state index contributed by atoms with van der Waals surface area (Å²) in [7, 11) is 1.55. The van der Waals surface area contributed by atoms with E-state index in [0.717, 1.165) is 12.5 Å². The molecule has 1 aliphatic rings. The first-order valence-electron chi connectivity index (χ1n) is 7.30. The molecule has 0 aromatic rings. The molecule has 0 aliphatic heterocycles. The molecular formula is C14H28N2O3. The van der Waals surface area contributed by atoms with Gasteiger partial charge in [-0.15, -0.1) is 0 Å². The van der Waals surface area contributed by atoms with E-state index in [4.69, 9.17) is 4.74 Å². The lowest BCUT2D eigenvalue weighted by Gasteiger charge is -2.26. The first-order valence-corrected chi connectivity index (χ1v) is 7.30. The molecule has 5 nitrogen and oxygen atoms in total. The van der Waals surface area contributed by atoms with E-state index in [2.05, 4.69) is 17.6 Å². The third kappa shape index (κ3) is 7.38. The molecule has 0 saturated heterocycles. The van der Waals surface area contributed by atoms with Crippen LogP contribution in [0, 0.1) is 11.8 Å². The molecule has 0 spiro atoms. The molecule has 1 fully saturated rings. The van der Waals surface area contributed by atoms with Crippen molar-refractivity contribution < 1.29 is 14.6 Å². The summed E-state index contributed by atoms with van der Waals surface area (Å²) in [6.07, 6.45) is 5.04. The lowest BCUT2D eigenvalue weighted by atomic mass is 9.82. The maximum Gasteiger partial charge on any atom is 0.314 e. The fraction of sp³-hybridized carbons (Fsp3) is 0.929. The van der Waals surface area contributed by atoms with Crippen molar-refractivity contribution in [1.29, 1.82) is 0 Å². The fourth-order valence-electron chi connectivity index (χ4n) is 2.67. The molecule has 1 saturated carbocycles. The van der Waals surface area contributed by atoms with Gasteiger partial charge in [0.1, 0.15) is 0 Å². The number of nitrogens with one attached hydrogen (secondary N) is 2. The van der Waals surface area contributed by atoms with Crippen LogP contribution in [0.2, 0.25) is 0 Å². The Hall–Kier alpha value is -0.810. The highest BCUT2D eigenvalue weighted by Gasteiger charge is 2.19. The molecule has 0 radical (unpaired) electrons. The number of rotatable bonds is 7. The normalized spacial score (nSPS) is 24.8. The van der Waals surface area contributed by atoms with Gasteiger partial charge in [-0.25, -0.2) is 4.79 Å². The SMILES string of the molecule is COCC(O)CCNC(=O)NCC1CCCC(C)C1. The molecule has 112 valence electrons. The van der Waals surface area contributed by atoms with Crippen LogP contribution in [0.5, 0.6) is 0 Å². The maximum atomic E-state index is 11.6. The molecule has 3 unspecified atom stereocenters. The summed E-state index contributed by atoms with van der Waals surface area (Å²) in [6, 6.07) is -0.136. The molecule has 0 aromatic carbocycles. The van der Waals surface area contributed by atoms with Crippen molar-refractivity contribution in [3.05, 3.63) is 0 Å². The van der Waals surface area contributed by atoms with Crippen molar-refractivity contribution in [2.24, 2.45) is 11.8 Å². The topological polar surface area (TPSA) is 70.6 Å². The van der Waals surface area contributed by atoms with Crippen molar-refractivity contribution >= 4 is 6.03 Å². The summed E-state index contributed by atoms with van der Waals surface area (Å²) in [5.41, 5.74) is 0. The van der Waals surface area contributed by atoms with Gasteiger partial charge in [0.15, 0.2) is 0 Å². The average Bonchev–Trinajstić information content (AvgIpc) is 2.37. The van der Waals surface area contributed by atoms with Gasteiger partial charge in [-0.1, -0.05) is 19.8 Å². The standard InChI is InChI=1S/C14H28N2O3/c1-11-4-3-5-12(8-11)9-16-14(18)15-7-6-13(17)10-19-2/h11-13,17H,3-10H2,1-2H3,(H2,15,16,18). The Morgan fingerprint density at radius 1 is 1.42 bits per heavy atom. The Balaban J connectivity index is 2.04. The number of carbonyl (C=O) groups excluding carboxylic acids is 1. The minimum atomic E-state index is -0.510. The molecule has 3 atom stereocenters. The monoisotopic (exact) mass is 272 g/mol. The number of aliphatic hydroxyl groups excluding tert-OH is 1. The summed E-state index contributed by atoms with van der Waals surface area (Å²) in [5, 5.41) is 15.1. The quantitative estimate of drug-likeness (QED) is 0.658. The zero-order valence-electron chi connectivity index (χ0n) is 12.2. The fourth-order valence-corrected chi connectivity index (χ4v) is 2.67. The predicted molar refractivity (Wildman–Crippen MR) is 75.0 cm³/mol. The first-order chi connectivity index (χ1) is 9.11. The van der Waals surface area contributed by atoms with Crippen LogP contribution in [-0.4, -0.2) is 44.0 Å². The highest BCUT2D eigenvalue weighted by molar-refractivity contribution is 5.73. The minimum Gasteiger partial charge on any atom is -0.391 e. The number of ether oxygens (including phenoxy) is 1. The molecule has 19 heavy (non-hydrogen) atoms. The number of urea groups is 1. The highest BCUT2D eigenvalue weighted by Crippen LogP contribution is 2.27. The van der Waals surface area contributed by atoms with Gasteiger partial charge < -0.3 is 20.5 Å². The molecule has 1 rings (SSSR count). The zero-order chi connectivity index (χ0) is 14.1. The van der Waals surface area contributed by atoms with Crippen LogP contribution in [-0.2, 0) is 4.74 Å². The summed E-state index contributed by atoms with van der Waals surface area (Å²) >= 11 is 0. The average molecular weight is 272 g/mol. The predicted octanol–water partition coefficient (Wildman–Crippen LogP) is 1.51. The lowest BCUT2D eigenvalue weighted by Crippen LogP contribution is -2.40. The van der Waals surface area contributed by atoms with Gasteiger partial charge in [0.25, 0.3) is 0 Å².